The number of benzene rings is 1. The summed E-state index contributed by atoms with van der Waals surface area (Å²) >= 11 is 0. The number of hydrogen-bond acceptors (Lipinski definition) is 1. The number of hydrogen-bond donors (Lipinski definition) is 1. The number of aryl methyl sites for hydroxylation is 2. The van der Waals surface area contributed by atoms with E-state index in [0.717, 1.165) is 16.7 Å². The minimum absolute atomic E-state index is 0.118. The van der Waals surface area contributed by atoms with Gasteiger partial charge in [-0.15, -0.1) is 0 Å². The fraction of sp³-hybridized carbons (Fsp3) is 0.600. The monoisotopic (exact) mass is 273 g/mol. The molecule has 0 radical (unpaired) electrons. The van der Waals surface area contributed by atoms with E-state index < -0.39 is 12.6 Å². The van der Waals surface area contributed by atoms with E-state index >= 15 is 0 Å². The van der Waals surface area contributed by atoms with Crippen molar-refractivity contribution < 1.29 is 13.2 Å². The van der Waals surface area contributed by atoms with Gasteiger partial charge in [-0.25, -0.2) is 0 Å². The summed E-state index contributed by atoms with van der Waals surface area (Å²) in [5.74, 6) is 0. The minimum atomic E-state index is -4.07. The summed E-state index contributed by atoms with van der Waals surface area (Å²) in [7, 11) is 0. The quantitative estimate of drug-likeness (QED) is 0.820. The first-order chi connectivity index (χ1) is 8.81. The van der Waals surface area contributed by atoms with Gasteiger partial charge in [0.15, 0.2) is 0 Å². The Morgan fingerprint density at radius 2 is 1.89 bits per heavy atom. The number of likely N-dealkylation sites (N-methyl/N-ethyl adjacent to an activating group) is 1. The topological polar surface area (TPSA) is 12.0 Å². The Balaban J connectivity index is 2.69. The summed E-state index contributed by atoms with van der Waals surface area (Å²) in [6.07, 6.45) is -4.02. The largest absolute Gasteiger partial charge is 0.389 e. The van der Waals surface area contributed by atoms with Crippen molar-refractivity contribution in [3.8, 4) is 0 Å². The van der Waals surface area contributed by atoms with Crippen LogP contribution in [0.3, 0.4) is 0 Å². The molecular formula is C15H22F3N. The summed E-state index contributed by atoms with van der Waals surface area (Å²) in [6, 6.07) is 5.99. The number of alkyl halides is 3. The van der Waals surface area contributed by atoms with Crippen molar-refractivity contribution in [1.29, 1.82) is 0 Å². The third-order valence-electron chi connectivity index (χ3n) is 3.24. The summed E-state index contributed by atoms with van der Waals surface area (Å²) in [4.78, 5) is 0. The van der Waals surface area contributed by atoms with Crippen molar-refractivity contribution >= 4 is 0 Å². The summed E-state index contributed by atoms with van der Waals surface area (Å²) in [6.45, 7) is 6.61. The van der Waals surface area contributed by atoms with Gasteiger partial charge >= 0.3 is 6.18 Å². The molecule has 1 N–H and O–H groups in total. The molecule has 1 aromatic carbocycles. The van der Waals surface area contributed by atoms with Gasteiger partial charge < -0.3 is 5.32 Å². The maximum absolute atomic E-state index is 12.3. The summed E-state index contributed by atoms with van der Waals surface area (Å²) in [5, 5.41) is 3.15. The van der Waals surface area contributed by atoms with Crippen molar-refractivity contribution in [2.75, 3.05) is 6.54 Å². The second kappa shape index (κ2) is 6.94. The predicted octanol–water partition coefficient (Wildman–Crippen LogP) is 4.17. The Labute approximate surface area is 113 Å². The lowest BCUT2D eigenvalue weighted by atomic mass is 9.96. The van der Waals surface area contributed by atoms with Crippen molar-refractivity contribution in [1.82, 2.24) is 5.32 Å². The molecule has 1 rings (SSSR count). The lowest BCUT2D eigenvalue weighted by Gasteiger charge is -2.20. The third kappa shape index (κ3) is 6.10. The average molecular weight is 273 g/mol. The van der Waals surface area contributed by atoms with Crippen LogP contribution in [-0.2, 0) is 6.42 Å². The van der Waals surface area contributed by atoms with Crippen LogP contribution >= 0.6 is 0 Å². The van der Waals surface area contributed by atoms with Crippen LogP contribution in [0.2, 0.25) is 0 Å². The zero-order chi connectivity index (χ0) is 14.5. The molecule has 0 bridgehead atoms. The van der Waals surface area contributed by atoms with Gasteiger partial charge in [-0.05, 0) is 44.4 Å². The SMILES string of the molecule is CCNC(CCC(F)(F)F)Cc1cc(C)ccc1C. The van der Waals surface area contributed by atoms with Gasteiger partial charge in [0.25, 0.3) is 0 Å². The first-order valence-electron chi connectivity index (χ1n) is 6.68. The smallest absolute Gasteiger partial charge is 0.314 e. The molecular weight excluding hydrogens is 251 g/mol. The Hall–Kier alpha value is -1.03. The first-order valence-corrected chi connectivity index (χ1v) is 6.68. The lowest BCUT2D eigenvalue weighted by molar-refractivity contribution is -0.136. The second-order valence-electron chi connectivity index (χ2n) is 5.04. The van der Waals surface area contributed by atoms with E-state index in [9.17, 15) is 13.2 Å². The predicted molar refractivity (Wildman–Crippen MR) is 72.4 cm³/mol. The molecule has 0 saturated carbocycles. The van der Waals surface area contributed by atoms with Crippen molar-refractivity contribution in [3.63, 3.8) is 0 Å². The van der Waals surface area contributed by atoms with E-state index in [1.165, 1.54) is 0 Å². The molecule has 0 fully saturated rings. The Morgan fingerprint density at radius 1 is 1.21 bits per heavy atom. The van der Waals surface area contributed by atoms with Crippen LogP contribution in [0.4, 0.5) is 13.2 Å². The van der Waals surface area contributed by atoms with Crippen molar-refractivity contribution in [3.05, 3.63) is 34.9 Å². The van der Waals surface area contributed by atoms with E-state index in [-0.39, 0.29) is 12.5 Å². The molecule has 4 heteroatoms. The summed E-state index contributed by atoms with van der Waals surface area (Å²) in [5.41, 5.74) is 3.42. The molecule has 1 aromatic rings. The number of nitrogens with one attached hydrogen (secondary N) is 1. The van der Waals surface area contributed by atoms with Gasteiger partial charge in [-0.2, -0.15) is 13.2 Å². The highest BCUT2D eigenvalue weighted by molar-refractivity contribution is 5.31. The molecule has 1 nitrogen and oxygen atoms in total. The molecule has 1 atom stereocenters. The van der Waals surface area contributed by atoms with Gasteiger partial charge in [0.1, 0.15) is 0 Å². The van der Waals surface area contributed by atoms with E-state index in [1.807, 2.05) is 32.9 Å². The summed E-state index contributed by atoms with van der Waals surface area (Å²) < 4.78 is 36.9. The molecule has 1 unspecified atom stereocenters. The highest BCUT2D eigenvalue weighted by Crippen LogP contribution is 2.23. The maximum Gasteiger partial charge on any atom is 0.389 e. The van der Waals surface area contributed by atoms with Crippen LogP contribution in [0.1, 0.15) is 36.5 Å². The lowest BCUT2D eigenvalue weighted by Crippen LogP contribution is -2.32. The molecule has 19 heavy (non-hydrogen) atoms. The zero-order valence-corrected chi connectivity index (χ0v) is 11.8. The van der Waals surface area contributed by atoms with E-state index in [2.05, 4.69) is 11.4 Å². The first kappa shape index (κ1) is 16.0. The highest BCUT2D eigenvalue weighted by Gasteiger charge is 2.28. The van der Waals surface area contributed by atoms with E-state index in [4.69, 9.17) is 0 Å². The Morgan fingerprint density at radius 3 is 2.47 bits per heavy atom. The molecule has 0 spiro atoms. The van der Waals surface area contributed by atoms with Crippen LogP contribution in [0.5, 0.6) is 0 Å². The molecule has 0 amide bonds. The molecule has 108 valence electrons. The van der Waals surface area contributed by atoms with E-state index in [1.54, 1.807) is 0 Å². The number of rotatable bonds is 6. The van der Waals surface area contributed by atoms with E-state index in [0.29, 0.717) is 13.0 Å². The van der Waals surface area contributed by atoms with Crippen molar-refractivity contribution in [2.24, 2.45) is 0 Å². The molecule has 0 aliphatic heterocycles. The fourth-order valence-electron chi connectivity index (χ4n) is 2.19. The van der Waals surface area contributed by atoms with Gasteiger partial charge in [-0.3, -0.25) is 0 Å². The molecule has 0 heterocycles. The fourth-order valence-corrected chi connectivity index (χ4v) is 2.19. The molecule has 0 aromatic heterocycles. The van der Waals surface area contributed by atoms with Crippen LogP contribution in [0.15, 0.2) is 18.2 Å². The highest BCUT2D eigenvalue weighted by atomic mass is 19.4. The molecule has 0 aliphatic rings. The van der Waals surface area contributed by atoms with Crippen LogP contribution < -0.4 is 5.32 Å². The maximum atomic E-state index is 12.3. The molecule has 0 aliphatic carbocycles. The van der Waals surface area contributed by atoms with Gasteiger partial charge in [0, 0.05) is 12.5 Å². The molecule has 0 saturated heterocycles. The normalized spacial score (nSPS) is 13.6. The van der Waals surface area contributed by atoms with Gasteiger partial charge in [0.05, 0.1) is 0 Å². The van der Waals surface area contributed by atoms with Crippen LogP contribution in [0, 0.1) is 13.8 Å². The van der Waals surface area contributed by atoms with Crippen molar-refractivity contribution in [2.45, 2.75) is 52.3 Å². The minimum Gasteiger partial charge on any atom is -0.314 e. The average Bonchev–Trinajstić information content (AvgIpc) is 2.30. The Bertz CT molecular complexity index is 399. The van der Waals surface area contributed by atoms with Crippen LogP contribution in [-0.4, -0.2) is 18.8 Å². The zero-order valence-electron chi connectivity index (χ0n) is 11.8. The number of halogens is 3. The second-order valence-corrected chi connectivity index (χ2v) is 5.04. The van der Waals surface area contributed by atoms with Gasteiger partial charge in [0.2, 0.25) is 0 Å². The third-order valence-corrected chi connectivity index (χ3v) is 3.24. The standard InChI is InChI=1S/C15H22F3N/c1-4-19-14(7-8-15(16,17)18)10-13-9-11(2)5-6-12(13)3/h5-6,9,14,19H,4,7-8,10H2,1-3H3. The van der Waals surface area contributed by atoms with Gasteiger partial charge in [-0.1, -0.05) is 30.7 Å². The Kier molecular flexibility index (Phi) is 5.85. The van der Waals surface area contributed by atoms with Crippen LogP contribution in [0.25, 0.3) is 0 Å².